The lowest BCUT2D eigenvalue weighted by Gasteiger charge is -2.10. The molecule has 0 atom stereocenters. The molecule has 0 unspecified atom stereocenters. The van der Waals surface area contributed by atoms with E-state index >= 15 is 0 Å². The average molecular weight is 400 g/mol. The zero-order valence-corrected chi connectivity index (χ0v) is 15.6. The van der Waals surface area contributed by atoms with Crippen LogP contribution in [0.1, 0.15) is 15.9 Å². The number of aryl methyl sites for hydroxylation is 1. The number of hydrogen-bond donors (Lipinski definition) is 3. The van der Waals surface area contributed by atoms with Crippen molar-refractivity contribution in [3.8, 4) is 5.75 Å². The Labute approximate surface area is 161 Å². The quantitative estimate of drug-likeness (QED) is 0.566. The van der Waals surface area contributed by atoms with Crippen molar-refractivity contribution in [3.63, 3.8) is 0 Å². The van der Waals surface area contributed by atoms with Gasteiger partial charge in [0.15, 0.2) is 0 Å². The summed E-state index contributed by atoms with van der Waals surface area (Å²) in [6.45, 7) is 1.81. The molecular formula is C20H17FN2O4S. The summed E-state index contributed by atoms with van der Waals surface area (Å²) in [4.78, 5) is 12.2. The number of hydrogen-bond acceptors (Lipinski definition) is 4. The van der Waals surface area contributed by atoms with Crippen LogP contribution in [0.5, 0.6) is 5.75 Å². The molecule has 28 heavy (non-hydrogen) atoms. The molecule has 3 aromatic rings. The first-order valence-electron chi connectivity index (χ1n) is 8.25. The minimum absolute atomic E-state index is 0.0679. The van der Waals surface area contributed by atoms with Gasteiger partial charge in [-0.15, -0.1) is 0 Å². The third-order valence-electron chi connectivity index (χ3n) is 3.95. The van der Waals surface area contributed by atoms with Crippen LogP contribution in [0, 0.1) is 12.7 Å². The monoisotopic (exact) mass is 400 g/mol. The Kier molecular flexibility index (Phi) is 5.32. The lowest BCUT2D eigenvalue weighted by Crippen LogP contribution is -2.15. The predicted octanol–water partition coefficient (Wildman–Crippen LogP) is 3.89. The minimum Gasteiger partial charge on any atom is -0.506 e. The maximum Gasteiger partial charge on any atom is 0.261 e. The first kappa shape index (κ1) is 19.4. The summed E-state index contributed by atoms with van der Waals surface area (Å²) in [5, 5.41) is 12.4. The van der Waals surface area contributed by atoms with Gasteiger partial charge in [0.2, 0.25) is 0 Å². The molecule has 0 fully saturated rings. The van der Waals surface area contributed by atoms with Crippen molar-refractivity contribution in [1.82, 2.24) is 0 Å². The standard InChI is InChI=1S/C20H17FN2O4S/c1-13-6-11-18(19(24)12-13)22-20(25)14-7-9-15(10-8-14)28(26,27)23-17-5-3-2-4-16(17)21/h2-12,23-24H,1H3,(H,22,25). The van der Waals surface area contributed by atoms with Crippen molar-refractivity contribution in [2.24, 2.45) is 0 Å². The highest BCUT2D eigenvalue weighted by Gasteiger charge is 2.17. The second kappa shape index (κ2) is 7.69. The van der Waals surface area contributed by atoms with E-state index < -0.39 is 21.7 Å². The maximum atomic E-state index is 13.7. The fraction of sp³-hybridized carbons (Fsp3) is 0.0500. The van der Waals surface area contributed by atoms with Crippen LogP contribution in [0.15, 0.2) is 71.6 Å². The van der Waals surface area contributed by atoms with Gasteiger partial charge in [0.1, 0.15) is 11.6 Å². The van der Waals surface area contributed by atoms with E-state index in [1.54, 1.807) is 19.1 Å². The number of rotatable bonds is 5. The van der Waals surface area contributed by atoms with Crippen LogP contribution in [0.4, 0.5) is 15.8 Å². The molecule has 0 spiro atoms. The van der Waals surface area contributed by atoms with Gasteiger partial charge in [-0.1, -0.05) is 18.2 Å². The van der Waals surface area contributed by atoms with Gasteiger partial charge in [0, 0.05) is 5.56 Å². The van der Waals surface area contributed by atoms with Gasteiger partial charge in [-0.3, -0.25) is 9.52 Å². The molecule has 0 aliphatic carbocycles. The van der Waals surface area contributed by atoms with E-state index in [1.807, 2.05) is 0 Å². The van der Waals surface area contributed by atoms with Crippen molar-refractivity contribution in [3.05, 3.63) is 83.7 Å². The summed E-state index contributed by atoms with van der Waals surface area (Å²) in [5.74, 6) is -1.27. The smallest absolute Gasteiger partial charge is 0.261 e. The van der Waals surface area contributed by atoms with Crippen LogP contribution >= 0.6 is 0 Å². The minimum atomic E-state index is -4.01. The van der Waals surface area contributed by atoms with Gasteiger partial charge in [-0.2, -0.15) is 0 Å². The molecule has 0 aliphatic heterocycles. The first-order valence-corrected chi connectivity index (χ1v) is 9.73. The molecule has 0 saturated heterocycles. The summed E-state index contributed by atoms with van der Waals surface area (Å²) < 4.78 is 40.6. The molecule has 0 radical (unpaired) electrons. The van der Waals surface area contributed by atoms with E-state index in [2.05, 4.69) is 10.0 Å². The fourth-order valence-corrected chi connectivity index (χ4v) is 3.54. The van der Waals surface area contributed by atoms with Crippen LogP contribution in [0.3, 0.4) is 0 Å². The van der Waals surface area contributed by atoms with Crippen LogP contribution in [-0.2, 0) is 10.0 Å². The second-order valence-electron chi connectivity index (χ2n) is 6.08. The Hall–Kier alpha value is -3.39. The number of sulfonamides is 1. The van der Waals surface area contributed by atoms with E-state index in [9.17, 15) is 22.7 Å². The molecule has 8 heteroatoms. The molecule has 0 heterocycles. The third kappa shape index (κ3) is 4.29. The van der Waals surface area contributed by atoms with Crippen LogP contribution in [0.25, 0.3) is 0 Å². The Morgan fingerprint density at radius 3 is 2.29 bits per heavy atom. The van der Waals surface area contributed by atoms with E-state index in [0.717, 1.165) is 11.6 Å². The van der Waals surface area contributed by atoms with Gasteiger partial charge < -0.3 is 10.4 Å². The van der Waals surface area contributed by atoms with E-state index in [1.165, 1.54) is 48.5 Å². The number of para-hydroxylation sites is 1. The lowest BCUT2D eigenvalue weighted by molar-refractivity contribution is 0.102. The highest BCUT2D eigenvalue weighted by Crippen LogP contribution is 2.25. The molecule has 144 valence electrons. The first-order chi connectivity index (χ1) is 13.3. The largest absolute Gasteiger partial charge is 0.506 e. The second-order valence-corrected chi connectivity index (χ2v) is 7.77. The molecule has 1 amide bonds. The summed E-state index contributed by atoms with van der Waals surface area (Å²) >= 11 is 0. The zero-order valence-electron chi connectivity index (χ0n) is 14.8. The molecule has 0 aromatic heterocycles. The molecule has 0 saturated carbocycles. The number of amides is 1. The number of phenols is 1. The Bertz CT molecular complexity index is 1130. The highest BCUT2D eigenvalue weighted by atomic mass is 32.2. The number of anilines is 2. The number of aromatic hydroxyl groups is 1. The van der Waals surface area contributed by atoms with Gasteiger partial charge in [-0.05, 0) is 61.0 Å². The molecular weight excluding hydrogens is 383 g/mol. The molecule has 3 N–H and O–H groups in total. The van der Waals surface area contributed by atoms with E-state index in [0.29, 0.717) is 0 Å². The summed E-state index contributed by atoms with van der Waals surface area (Å²) in [5.41, 5.74) is 1.12. The van der Waals surface area contributed by atoms with Crippen LogP contribution < -0.4 is 10.0 Å². The molecule has 3 aromatic carbocycles. The topological polar surface area (TPSA) is 95.5 Å². The Morgan fingerprint density at radius 1 is 0.964 bits per heavy atom. The van der Waals surface area contributed by atoms with Gasteiger partial charge in [0.25, 0.3) is 15.9 Å². The zero-order chi connectivity index (χ0) is 20.3. The molecule has 0 aliphatic rings. The number of nitrogens with one attached hydrogen (secondary N) is 2. The summed E-state index contributed by atoms with van der Waals surface area (Å²) in [7, 11) is -4.01. The Morgan fingerprint density at radius 2 is 1.64 bits per heavy atom. The highest BCUT2D eigenvalue weighted by molar-refractivity contribution is 7.92. The third-order valence-corrected chi connectivity index (χ3v) is 5.33. The SMILES string of the molecule is Cc1ccc(NC(=O)c2ccc(S(=O)(=O)Nc3ccccc3F)cc2)c(O)c1. The number of halogens is 1. The number of carbonyl (C=O) groups excluding carboxylic acids is 1. The number of benzene rings is 3. The van der Waals surface area contributed by atoms with E-state index in [4.69, 9.17) is 0 Å². The van der Waals surface area contributed by atoms with E-state index in [-0.39, 0.29) is 27.6 Å². The molecule has 3 rings (SSSR count). The van der Waals surface area contributed by atoms with Crippen molar-refractivity contribution in [2.45, 2.75) is 11.8 Å². The van der Waals surface area contributed by atoms with Crippen LogP contribution in [0.2, 0.25) is 0 Å². The normalized spacial score (nSPS) is 11.1. The molecule has 6 nitrogen and oxygen atoms in total. The lowest BCUT2D eigenvalue weighted by atomic mass is 10.2. The number of carbonyl (C=O) groups is 1. The Balaban J connectivity index is 1.77. The van der Waals surface area contributed by atoms with Gasteiger partial charge in [0.05, 0.1) is 16.3 Å². The summed E-state index contributed by atoms with van der Waals surface area (Å²) in [6, 6.07) is 15.4. The maximum absolute atomic E-state index is 13.7. The van der Waals surface area contributed by atoms with Crippen molar-refractivity contribution in [2.75, 3.05) is 10.0 Å². The van der Waals surface area contributed by atoms with Crippen molar-refractivity contribution >= 4 is 27.3 Å². The number of phenolic OH excluding ortho intramolecular Hbond substituents is 1. The van der Waals surface area contributed by atoms with Crippen molar-refractivity contribution in [1.29, 1.82) is 0 Å². The average Bonchev–Trinajstić information content (AvgIpc) is 2.66. The van der Waals surface area contributed by atoms with Crippen molar-refractivity contribution < 1.29 is 22.7 Å². The molecule has 0 bridgehead atoms. The van der Waals surface area contributed by atoms with Crippen LogP contribution in [-0.4, -0.2) is 19.4 Å². The van der Waals surface area contributed by atoms with Gasteiger partial charge >= 0.3 is 0 Å². The fourth-order valence-electron chi connectivity index (χ4n) is 2.47. The predicted molar refractivity (Wildman–Crippen MR) is 104 cm³/mol. The summed E-state index contributed by atoms with van der Waals surface area (Å²) in [6.07, 6.45) is 0. The van der Waals surface area contributed by atoms with Gasteiger partial charge in [-0.25, -0.2) is 12.8 Å².